The Balaban J connectivity index is 2.18. The quantitative estimate of drug-likeness (QED) is 0.664. The standard InChI is InChI=1S/C15H8ClF3O/c16-11-6-7-5-9(7)13-12(11)8-3-1-2-4-10(8)14(13,20)15(17,18)19/h1-4,6,20H,5H2. The summed E-state index contributed by atoms with van der Waals surface area (Å²) in [7, 11) is 0. The van der Waals surface area contributed by atoms with Crippen LogP contribution in [0.4, 0.5) is 13.2 Å². The van der Waals surface area contributed by atoms with E-state index in [1.54, 1.807) is 18.2 Å². The van der Waals surface area contributed by atoms with Crippen LogP contribution < -0.4 is 0 Å². The van der Waals surface area contributed by atoms with Crippen molar-refractivity contribution < 1.29 is 18.3 Å². The van der Waals surface area contributed by atoms with Crippen molar-refractivity contribution in [3.63, 3.8) is 0 Å². The molecule has 1 unspecified atom stereocenters. The second kappa shape index (κ2) is 3.38. The van der Waals surface area contributed by atoms with Gasteiger partial charge in [0.15, 0.2) is 0 Å². The Hall–Kier alpha value is -1.52. The second-order valence-electron chi connectivity index (χ2n) is 5.18. The van der Waals surface area contributed by atoms with E-state index in [1.807, 2.05) is 0 Å². The van der Waals surface area contributed by atoms with E-state index in [2.05, 4.69) is 0 Å². The van der Waals surface area contributed by atoms with Gasteiger partial charge < -0.3 is 5.11 Å². The third-order valence-corrected chi connectivity index (χ3v) is 4.38. The molecule has 1 nitrogen and oxygen atoms in total. The molecule has 2 aliphatic rings. The van der Waals surface area contributed by atoms with Gasteiger partial charge >= 0.3 is 6.18 Å². The van der Waals surface area contributed by atoms with Crippen molar-refractivity contribution >= 4 is 11.6 Å². The Labute approximate surface area is 117 Å². The lowest BCUT2D eigenvalue weighted by atomic mass is 9.90. The molecule has 0 radical (unpaired) electrons. The van der Waals surface area contributed by atoms with Gasteiger partial charge in [0, 0.05) is 21.7 Å². The first-order valence-corrected chi connectivity index (χ1v) is 6.47. The molecule has 2 aliphatic carbocycles. The molecule has 4 rings (SSSR count). The Morgan fingerprint density at radius 1 is 1.20 bits per heavy atom. The van der Waals surface area contributed by atoms with Crippen LogP contribution in [0.2, 0.25) is 5.02 Å². The van der Waals surface area contributed by atoms with Crippen LogP contribution >= 0.6 is 11.6 Å². The van der Waals surface area contributed by atoms with E-state index in [4.69, 9.17) is 11.6 Å². The van der Waals surface area contributed by atoms with Gasteiger partial charge in [0.1, 0.15) is 0 Å². The fraction of sp³-hybridized carbons (Fsp3) is 0.200. The highest BCUT2D eigenvalue weighted by Gasteiger charge is 2.63. The summed E-state index contributed by atoms with van der Waals surface area (Å²) in [5, 5.41) is 10.8. The number of hydrogen-bond acceptors (Lipinski definition) is 1. The van der Waals surface area contributed by atoms with Gasteiger partial charge in [-0.2, -0.15) is 13.2 Å². The molecule has 0 aliphatic heterocycles. The summed E-state index contributed by atoms with van der Waals surface area (Å²) in [4.78, 5) is 0. The van der Waals surface area contributed by atoms with E-state index >= 15 is 0 Å². The van der Waals surface area contributed by atoms with Crippen molar-refractivity contribution in [2.45, 2.75) is 18.2 Å². The summed E-state index contributed by atoms with van der Waals surface area (Å²) in [5.74, 6) is 0. The Morgan fingerprint density at radius 2 is 1.90 bits per heavy atom. The van der Waals surface area contributed by atoms with Crippen LogP contribution in [0.1, 0.15) is 22.3 Å². The summed E-state index contributed by atoms with van der Waals surface area (Å²) >= 11 is 6.13. The third kappa shape index (κ3) is 1.24. The molecule has 1 N–H and O–H groups in total. The van der Waals surface area contributed by atoms with Crippen LogP contribution in [0.15, 0.2) is 30.3 Å². The smallest absolute Gasteiger partial charge is 0.372 e. The predicted molar refractivity (Wildman–Crippen MR) is 68.7 cm³/mol. The summed E-state index contributed by atoms with van der Waals surface area (Å²) in [6, 6.07) is 7.71. The molecule has 0 bridgehead atoms. The minimum atomic E-state index is -4.78. The number of hydrogen-bond donors (Lipinski definition) is 1. The molecule has 0 fully saturated rings. The van der Waals surface area contributed by atoms with Crippen LogP contribution in [-0.2, 0) is 12.0 Å². The Kier molecular flexibility index (Phi) is 2.07. The normalized spacial score (nSPS) is 22.2. The zero-order valence-electron chi connectivity index (χ0n) is 10.1. The summed E-state index contributed by atoms with van der Waals surface area (Å²) < 4.78 is 40.6. The van der Waals surface area contributed by atoms with Gasteiger partial charge in [0.2, 0.25) is 5.60 Å². The summed E-state index contributed by atoms with van der Waals surface area (Å²) in [5.41, 5.74) is -1.13. The number of rotatable bonds is 0. The van der Waals surface area contributed by atoms with E-state index < -0.39 is 11.8 Å². The molecule has 0 aromatic heterocycles. The average Bonchev–Trinajstić information content (AvgIpc) is 3.07. The largest absolute Gasteiger partial charge is 0.425 e. The van der Waals surface area contributed by atoms with Crippen molar-refractivity contribution in [2.24, 2.45) is 0 Å². The molecule has 0 amide bonds. The average molecular weight is 297 g/mol. The van der Waals surface area contributed by atoms with Crippen LogP contribution in [0.5, 0.6) is 0 Å². The van der Waals surface area contributed by atoms with E-state index in [0.29, 0.717) is 23.1 Å². The van der Waals surface area contributed by atoms with Crippen LogP contribution in [0, 0.1) is 0 Å². The van der Waals surface area contributed by atoms with E-state index in [0.717, 1.165) is 5.56 Å². The third-order valence-electron chi connectivity index (χ3n) is 4.08. The number of fused-ring (bicyclic) bond motifs is 5. The topological polar surface area (TPSA) is 20.2 Å². The van der Waals surface area contributed by atoms with E-state index in [1.165, 1.54) is 12.1 Å². The van der Waals surface area contributed by atoms with Gasteiger partial charge in [0.25, 0.3) is 0 Å². The van der Waals surface area contributed by atoms with Gasteiger partial charge in [-0.3, -0.25) is 0 Å². The Bertz CT molecular complexity index is 766. The van der Waals surface area contributed by atoms with Crippen molar-refractivity contribution in [3.8, 4) is 11.1 Å². The van der Waals surface area contributed by atoms with Gasteiger partial charge in [-0.1, -0.05) is 35.9 Å². The molecule has 102 valence electrons. The maximum Gasteiger partial charge on any atom is 0.425 e. The van der Waals surface area contributed by atoms with Gasteiger partial charge in [0.05, 0.1) is 0 Å². The lowest BCUT2D eigenvalue weighted by Gasteiger charge is -2.28. The highest BCUT2D eigenvalue weighted by molar-refractivity contribution is 6.34. The molecule has 1 atom stereocenters. The lowest BCUT2D eigenvalue weighted by molar-refractivity contribution is -0.246. The van der Waals surface area contributed by atoms with Crippen molar-refractivity contribution in [1.29, 1.82) is 0 Å². The second-order valence-corrected chi connectivity index (χ2v) is 5.58. The number of benzene rings is 2. The highest BCUT2D eigenvalue weighted by Crippen LogP contribution is 2.60. The number of aliphatic hydroxyl groups is 1. The zero-order chi connectivity index (χ0) is 14.3. The monoisotopic (exact) mass is 296 g/mol. The number of halogens is 4. The highest BCUT2D eigenvalue weighted by atomic mass is 35.5. The molecule has 0 spiro atoms. The maximum absolute atomic E-state index is 13.5. The first kappa shape index (κ1) is 12.2. The zero-order valence-corrected chi connectivity index (χ0v) is 10.8. The predicted octanol–water partition coefficient (Wildman–Crippen LogP) is 4.02. The maximum atomic E-state index is 13.5. The first-order valence-electron chi connectivity index (χ1n) is 6.09. The van der Waals surface area contributed by atoms with Gasteiger partial charge in [-0.25, -0.2) is 0 Å². The Morgan fingerprint density at radius 3 is 2.60 bits per heavy atom. The molecular formula is C15H8ClF3O. The molecule has 5 heteroatoms. The van der Waals surface area contributed by atoms with Crippen molar-refractivity contribution in [3.05, 3.63) is 57.6 Å². The molecule has 0 heterocycles. The van der Waals surface area contributed by atoms with Crippen LogP contribution in [0.25, 0.3) is 11.1 Å². The molecule has 2 aromatic rings. The van der Waals surface area contributed by atoms with E-state index in [-0.39, 0.29) is 16.1 Å². The van der Waals surface area contributed by atoms with Crippen molar-refractivity contribution in [1.82, 2.24) is 0 Å². The molecule has 2 aromatic carbocycles. The molecular weight excluding hydrogens is 289 g/mol. The van der Waals surface area contributed by atoms with Gasteiger partial charge in [-0.05, 0) is 29.2 Å². The SMILES string of the molecule is OC1(C(F)(F)F)c2ccccc2-c2c(Cl)cc3c(c21)C3. The molecule has 20 heavy (non-hydrogen) atoms. The summed E-state index contributed by atoms with van der Waals surface area (Å²) in [6.45, 7) is 0. The molecule has 0 saturated heterocycles. The summed E-state index contributed by atoms with van der Waals surface area (Å²) in [6.07, 6.45) is -4.32. The minimum Gasteiger partial charge on any atom is -0.372 e. The molecule has 0 saturated carbocycles. The fourth-order valence-electron chi connectivity index (χ4n) is 3.14. The number of alkyl halides is 3. The van der Waals surface area contributed by atoms with E-state index in [9.17, 15) is 18.3 Å². The van der Waals surface area contributed by atoms with Crippen molar-refractivity contribution in [2.75, 3.05) is 0 Å². The minimum absolute atomic E-state index is 0.0753. The lowest BCUT2D eigenvalue weighted by Crippen LogP contribution is -2.41. The fourth-order valence-corrected chi connectivity index (χ4v) is 3.47. The van der Waals surface area contributed by atoms with Crippen LogP contribution in [-0.4, -0.2) is 11.3 Å². The van der Waals surface area contributed by atoms with Gasteiger partial charge in [-0.15, -0.1) is 0 Å². The first-order chi connectivity index (χ1) is 9.35. The van der Waals surface area contributed by atoms with Crippen LogP contribution in [0.3, 0.4) is 0 Å².